The zero-order chi connectivity index (χ0) is 20.6. The van der Waals surface area contributed by atoms with Crippen molar-refractivity contribution in [3.8, 4) is 5.75 Å². The summed E-state index contributed by atoms with van der Waals surface area (Å²) in [6.07, 6.45) is 1.09. The number of hydrogen-bond donors (Lipinski definition) is 0. The summed E-state index contributed by atoms with van der Waals surface area (Å²) in [5.41, 5.74) is 1.56. The Labute approximate surface area is 172 Å². The normalized spacial score (nSPS) is 14.6. The van der Waals surface area contributed by atoms with Gasteiger partial charge in [0.1, 0.15) is 17.4 Å². The van der Waals surface area contributed by atoms with E-state index >= 15 is 0 Å². The summed E-state index contributed by atoms with van der Waals surface area (Å²) in [5.74, 6) is 0.420. The van der Waals surface area contributed by atoms with Crippen LogP contribution in [0, 0.1) is 0 Å². The first-order valence-electron chi connectivity index (χ1n) is 9.00. The molecule has 1 aliphatic heterocycles. The number of para-hydroxylation sites is 1. The Balaban J connectivity index is 1.32. The third-order valence-electron chi connectivity index (χ3n) is 4.71. The lowest BCUT2D eigenvalue weighted by Gasteiger charge is -2.38. The number of hydrogen-bond acceptors (Lipinski definition) is 8. The van der Waals surface area contributed by atoms with Crippen molar-refractivity contribution in [1.82, 2.24) is 4.98 Å². The average molecular weight is 433 g/mol. The molecule has 2 heterocycles. The Hall–Kier alpha value is -2.65. The summed E-state index contributed by atoms with van der Waals surface area (Å²) in [6.45, 7) is 1.20. The van der Waals surface area contributed by atoms with Gasteiger partial charge in [-0.1, -0.05) is 29.5 Å². The number of benzene rings is 2. The van der Waals surface area contributed by atoms with Crippen molar-refractivity contribution < 1.29 is 22.7 Å². The van der Waals surface area contributed by atoms with Crippen molar-refractivity contribution in [2.75, 3.05) is 31.4 Å². The minimum Gasteiger partial charge on any atom is -0.494 e. The van der Waals surface area contributed by atoms with Crippen LogP contribution < -0.4 is 9.64 Å². The van der Waals surface area contributed by atoms with Gasteiger partial charge < -0.3 is 14.4 Å². The molecule has 29 heavy (non-hydrogen) atoms. The lowest BCUT2D eigenvalue weighted by atomic mass is 10.1. The van der Waals surface area contributed by atoms with Crippen LogP contribution >= 0.6 is 11.3 Å². The van der Waals surface area contributed by atoms with Crippen molar-refractivity contribution in [3.05, 3.63) is 48.0 Å². The maximum atomic E-state index is 12.2. The molecule has 3 aromatic rings. The molecule has 1 aliphatic rings. The van der Waals surface area contributed by atoms with E-state index in [1.165, 1.54) is 12.1 Å². The lowest BCUT2D eigenvalue weighted by molar-refractivity contribution is -0.149. The van der Waals surface area contributed by atoms with Gasteiger partial charge in [-0.3, -0.25) is 4.79 Å². The van der Waals surface area contributed by atoms with Gasteiger partial charge in [0.15, 0.2) is 15.0 Å². The number of anilines is 1. The van der Waals surface area contributed by atoms with E-state index < -0.39 is 9.84 Å². The number of sulfone groups is 1. The second kappa shape index (κ2) is 7.64. The summed E-state index contributed by atoms with van der Waals surface area (Å²) >= 11 is 1.58. The van der Waals surface area contributed by atoms with Crippen molar-refractivity contribution in [3.63, 3.8) is 0 Å². The van der Waals surface area contributed by atoms with E-state index in [1.807, 2.05) is 18.2 Å². The van der Waals surface area contributed by atoms with Crippen LogP contribution in [0.15, 0.2) is 47.4 Å². The molecular weight excluding hydrogens is 412 g/mol. The number of esters is 1. The fourth-order valence-electron chi connectivity index (χ4n) is 3.13. The smallest absolute Gasteiger partial charge is 0.310 e. The summed E-state index contributed by atoms with van der Waals surface area (Å²) in [7, 11) is -1.62. The summed E-state index contributed by atoms with van der Waals surface area (Å²) in [4.78, 5) is 19.1. The monoisotopic (exact) mass is 432 g/mol. The number of thiazole rings is 1. The van der Waals surface area contributed by atoms with E-state index in [9.17, 15) is 13.2 Å². The highest BCUT2D eigenvalue weighted by Crippen LogP contribution is 2.35. The second-order valence-electron chi connectivity index (χ2n) is 6.91. The fraction of sp³-hybridized carbons (Fsp3) is 0.300. The van der Waals surface area contributed by atoms with E-state index in [1.54, 1.807) is 30.6 Å². The molecule has 0 saturated carbocycles. The van der Waals surface area contributed by atoms with Crippen LogP contribution in [0.1, 0.15) is 5.56 Å². The molecule has 1 fully saturated rings. The first-order chi connectivity index (χ1) is 13.8. The zero-order valence-corrected chi connectivity index (χ0v) is 17.6. The number of fused-ring (bicyclic) bond motifs is 1. The summed E-state index contributed by atoms with van der Waals surface area (Å²) < 4.78 is 34.9. The van der Waals surface area contributed by atoms with Crippen LogP contribution in [0.5, 0.6) is 5.75 Å². The Bertz CT molecular complexity index is 1150. The Morgan fingerprint density at radius 3 is 2.59 bits per heavy atom. The predicted molar refractivity (Wildman–Crippen MR) is 112 cm³/mol. The van der Waals surface area contributed by atoms with E-state index in [4.69, 9.17) is 9.47 Å². The predicted octanol–water partition coefficient (Wildman–Crippen LogP) is 2.68. The van der Waals surface area contributed by atoms with Gasteiger partial charge in [0.05, 0.1) is 36.2 Å². The van der Waals surface area contributed by atoms with Crippen LogP contribution in [0.25, 0.3) is 10.2 Å². The van der Waals surface area contributed by atoms with Crippen molar-refractivity contribution in [2.45, 2.75) is 17.4 Å². The largest absolute Gasteiger partial charge is 0.494 e. The fourth-order valence-corrected chi connectivity index (χ4v) is 4.76. The number of nitrogens with zero attached hydrogens (tertiary/aromatic N) is 2. The molecule has 0 bridgehead atoms. The SMILES string of the molecule is COc1cccc2sc(N3CC(OC(=O)Cc4ccc(S(C)(=O)=O)cc4)C3)nc12. The molecule has 0 N–H and O–H groups in total. The highest BCUT2D eigenvalue weighted by Gasteiger charge is 2.32. The van der Waals surface area contributed by atoms with Crippen LogP contribution in [-0.4, -0.2) is 51.9 Å². The zero-order valence-electron chi connectivity index (χ0n) is 16.0. The number of carbonyl (C=O) groups is 1. The first kappa shape index (κ1) is 19.7. The van der Waals surface area contributed by atoms with Gasteiger partial charge in [-0.25, -0.2) is 13.4 Å². The maximum Gasteiger partial charge on any atom is 0.310 e. The molecule has 0 radical (unpaired) electrons. The molecular formula is C20H20N2O5S2. The van der Waals surface area contributed by atoms with E-state index in [0.717, 1.165) is 32.9 Å². The molecule has 4 rings (SSSR count). The van der Waals surface area contributed by atoms with Gasteiger partial charge in [0.2, 0.25) is 0 Å². The van der Waals surface area contributed by atoms with Gasteiger partial charge in [-0.05, 0) is 29.8 Å². The van der Waals surface area contributed by atoms with Crippen molar-refractivity contribution in [2.24, 2.45) is 0 Å². The molecule has 2 aromatic carbocycles. The number of ether oxygens (including phenoxy) is 2. The third kappa shape index (κ3) is 4.20. The molecule has 152 valence electrons. The van der Waals surface area contributed by atoms with Gasteiger partial charge in [0.25, 0.3) is 0 Å². The minimum atomic E-state index is -3.24. The number of aromatic nitrogens is 1. The molecule has 0 atom stereocenters. The quantitative estimate of drug-likeness (QED) is 0.554. The van der Waals surface area contributed by atoms with Crippen molar-refractivity contribution >= 4 is 42.5 Å². The molecule has 0 amide bonds. The van der Waals surface area contributed by atoms with Gasteiger partial charge >= 0.3 is 5.97 Å². The Kier molecular flexibility index (Phi) is 5.18. The Morgan fingerprint density at radius 2 is 1.93 bits per heavy atom. The van der Waals surface area contributed by atoms with E-state index in [0.29, 0.717) is 13.1 Å². The van der Waals surface area contributed by atoms with Crippen LogP contribution in [-0.2, 0) is 25.8 Å². The molecule has 7 nitrogen and oxygen atoms in total. The summed E-state index contributed by atoms with van der Waals surface area (Å²) in [5, 5.41) is 0.883. The van der Waals surface area contributed by atoms with E-state index in [2.05, 4.69) is 9.88 Å². The Morgan fingerprint density at radius 1 is 1.21 bits per heavy atom. The van der Waals surface area contributed by atoms with Crippen LogP contribution in [0.3, 0.4) is 0 Å². The average Bonchev–Trinajstić information content (AvgIpc) is 3.07. The van der Waals surface area contributed by atoms with Crippen LogP contribution in [0.4, 0.5) is 5.13 Å². The lowest BCUT2D eigenvalue weighted by Crippen LogP contribution is -2.53. The van der Waals surface area contributed by atoms with Crippen molar-refractivity contribution in [1.29, 1.82) is 0 Å². The minimum absolute atomic E-state index is 0.110. The number of carbonyl (C=O) groups excluding carboxylic acids is 1. The second-order valence-corrected chi connectivity index (χ2v) is 9.94. The van der Waals surface area contributed by atoms with Crippen LogP contribution in [0.2, 0.25) is 0 Å². The molecule has 0 aliphatic carbocycles. The first-order valence-corrected chi connectivity index (χ1v) is 11.7. The summed E-state index contributed by atoms with van der Waals surface area (Å²) in [6, 6.07) is 12.1. The standard InChI is InChI=1S/C20H20N2O5S2/c1-26-16-4-3-5-17-19(16)21-20(28-17)22-11-14(12-22)27-18(23)10-13-6-8-15(9-7-13)29(2,24)25/h3-9,14H,10-12H2,1-2H3. The van der Waals surface area contributed by atoms with Gasteiger partial charge in [-0.2, -0.15) is 0 Å². The number of methoxy groups -OCH3 is 1. The topological polar surface area (TPSA) is 85.8 Å². The highest BCUT2D eigenvalue weighted by atomic mass is 32.2. The number of rotatable bonds is 6. The molecule has 0 spiro atoms. The molecule has 9 heteroatoms. The molecule has 1 saturated heterocycles. The maximum absolute atomic E-state index is 12.2. The molecule has 0 unspecified atom stereocenters. The van der Waals surface area contributed by atoms with Gasteiger partial charge in [0, 0.05) is 6.26 Å². The van der Waals surface area contributed by atoms with Gasteiger partial charge in [-0.15, -0.1) is 0 Å². The third-order valence-corrected chi connectivity index (χ3v) is 6.92. The molecule has 1 aromatic heterocycles. The highest BCUT2D eigenvalue weighted by molar-refractivity contribution is 7.90. The van der Waals surface area contributed by atoms with E-state index in [-0.39, 0.29) is 23.4 Å².